The van der Waals surface area contributed by atoms with E-state index in [-0.39, 0.29) is 27.3 Å². The summed E-state index contributed by atoms with van der Waals surface area (Å²) in [6.07, 6.45) is 0.779. The Morgan fingerprint density at radius 2 is 1.11 bits per heavy atom. The number of hydrogen-bond donors (Lipinski definition) is 0. The smallest absolute Gasteiger partial charge is 0.219 e. The van der Waals surface area contributed by atoms with E-state index in [9.17, 15) is 5.26 Å². The molecule has 0 aromatic heterocycles. The highest BCUT2D eigenvalue weighted by Gasteiger charge is 2.51. The number of ether oxygens (including phenoxy) is 1. The van der Waals surface area contributed by atoms with Gasteiger partial charge < -0.3 is 18.0 Å². The molecule has 0 unspecified atom stereocenters. The van der Waals surface area contributed by atoms with Crippen LogP contribution in [0.15, 0.2) is 30.3 Å². The van der Waals surface area contributed by atoms with E-state index in [1.165, 1.54) is 0 Å². The highest BCUT2D eigenvalue weighted by Crippen LogP contribution is 2.45. The lowest BCUT2D eigenvalue weighted by Crippen LogP contribution is -2.59. The molecule has 0 saturated heterocycles. The molecule has 1 heterocycles. The third kappa shape index (κ3) is 7.49. The Balaban J connectivity index is 2.71. The van der Waals surface area contributed by atoms with Gasteiger partial charge in [0, 0.05) is 5.56 Å². The van der Waals surface area contributed by atoms with E-state index in [4.69, 9.17) is 18.0 Å². The van der Waals surface area contributed by atoms with Crippen molar-refractivity contribution in [1.82, 2.24) is 0 Å². The van der Waals surface area contributed by atoms with Crippen LogP contribution in [-0.4, -0.2) is 43.5 Å². The lowest BCUT2D eigenvalue weighted by molar-refractivity contribution is -0.139. The van der Waals surface area contributed by atoms with Gasteiger partial charge in [0.05, 0.1) is 17.7 Å². The van der Waals surface area contributed by atoms with Crippen LogP contribution < -0.4 is 0 Å². The molecule has 0 amide bonds. The fourth-order valence-corrected chi connectivity index (χ4v) is 6.95. The summed E-state index contributed by atoms with van der Waals surface area (Å²) in [6, 6.07) is 9.73. The minimum Gasteiger partial charge on any atom is -0.463 e. The monoisotopic (exact) mass is 575 g/mol. The first-order chi connectivity index (χ1) is 16.9. The van der Waals surface area contributed by atoms with Crippen molar-refractivity contribution in [2.24, 2.45) is 0 Å². The Bertz CT molecular complexity index is 1040. The maximum Gasteiger partial charge on any atom is 0.219 e. The third-order valence-electron chi connectivity index (χ3n) is 9.14. The van der Waals surface area contributed by atoms with Gasteiger partial charge in [0.1, 0.15) is 11.9 Å². The Morgan fingerprint density at radius 1 is 0.684 bits per heavy atom. The summed E-state index contributed by atoms with van der Waals surface area (Å²) in [5.41, 5.74) is 1.52. The second-order valence-electron chi connectivity index (χ2n) is 15.3. The zero-order valence-corrected chi connectivity index (χ0v) is 29.7. The molecule has 1 aliphatic heterocycles. The second kappa shape index (κ2) is 11.0. The number of benzene rings is 1. The van der Waals surface area contributed by atoms with Gasteiger partial charge in [-0.25, -0.2) is 0 Å². The van der Waals surface area contributed by atoms with Gasteiger partial charge in [-0.05, 0) is 84.7 Å². The van der Waals surface area contributed by atoms with Crippen molar-refractivity contribution in [3.05, 3.63) is 41.5 Å². The van der Waals surface area contributed by atoms with Crippen molar-refractivity contribution < 1.29 is 18.0 Å². The fourth-order valence-electron chi connectivity index (χ4n) is 3.32. The minimum atomic E-state index is -2.23. The molecule has 0 bridgehead atoms. The summed E-state index contributed by atoms with van der Waals surface area (Å²) in [5.74, 6) is 0.719. The zero-order valence-electron chi connectivity index (χ0n) is 26.7. The molecule has 0 spiro atoms. The minimum absolute atomic E-state index is 0.00341. The maximum atomic E-state index is 9.30. The van der Waals surface area contributed by atoms with Crippen molar-refractivity contribution >= 4 is 30.7 Å². The number of nitrogens with zero attached hydrogens (tertiary/aromatic N) is 1. The predicted molar refractivity (Wildman–Crippen MR) is 166 cm³/mol. The largest absolute Gasteiger partial charge is 0.463 e. The Kier molecular flexibility index (Phi) is 9.53. The molecule has 0 N–H and O–H groups in total. The molecule has 5 nitrogen and oxygen atoms in total. The van der Waals surface area contributed by atoms with Gasteiger partial charge in [0.25, 0.3) is 0 Å². The standard InChI is InChI=1S/C30H53NO4Si3/c1-28(2,3)36(10,11)33-25-20-24(23-18-16-22(21-31)17-19-23)32-27(35-38(14,15)30(7,8)9)26(25)34-37(12,13)29(4,5)6/h16-20,25-27H,1-15H3/t25-,26-,27-/m1/s1. The summed E-state index contributed by atoms with van der Waals surface area (Å²) in [7, 11) is -6.61. The van der Waals surface area contributed by atoms with E-state index < -0.39 is 31.2 Å². The molecule has 1 aromatic rings. The molecule has 0 fully saturated rings. The van der Waals surface area contributed by atoms with Crippen LogP contribution in [0.3, 0.4) is 0 Å². The van der Waals surface area contributed by atoms with Crippen molar-refractivity contribution in [2.75, 3.05) is 0 Å². The molecule has 3 atom stereocenters. The van der Waals surface area contributed by atoms with Gasteiger partial charge in [-0.3, -0.25) is 0 Å². The molecule has 0 radical (unpaired) electrons. The van der Waals surface area contributed by atoms with Crippen LogP contribution in [0.5, 0.6) is 0 Å². The van der Waals surface area contributed by atoms with Crippen molar-refractivity contribution in [3.63, 3.8) is 0 Å². The zero-order chi connectivity index (χ0) is 29.5. The Labute approximate surface area is 236 Å². The summed E-state index contributed by atoms with van der Waals surface area (Å²) >= 11 is 0. The van der Waals surface area contributed by atoms with Crippen molar-refractivity contribution in [3.8, 4) is 6.07 Å². The fraction of sp³-hybridized carbons (Fsp3) is 0.700. The first kappa shape index (κ1) is 33.0. The molecule has 38 heavy (non-hydrogen) atoms. The normalized spacial score (nSPS) is 21.9. The summed E-state index contributed by atoms with van der Waals surface area (Å²) in [5, 5.41) is 9.36. The number of nitriles is 1. The van der Waals surface area contributed by atoms with Crippen LogP contribution in [0.25, 0.3) is 5.76 Å². The van der Waals surface area contributed by atoms with Gasteiger partial charge >= 0.3 is 0 Å². The van der Waals surface area contributed by atoms with E-state index in [0.717, 1.165) is 11.3 Å². The Hall–Kier alpha value is -1.22. The first-order valence-corrected chi connectivity index (χ1v) is 22.6. The highest BCUT2D eigenvalue weighted by molar-refractivity contribution is 6.75. The van der Waals surface area contributed by atoms with Crippen LogP contribution >= 0.6 is 0 Å². The van der Waals surface area contributed by atoms with E-state index in [1.807, 2.05) is 24.3 Å². The molecule has 0 saturated carbocycles. The van der Waals surface area contributed by atoms with E-state index in [0.29, 0.717) is 5.56 Å². The van der Waals surface area contributed by atoms with Gasteiger partial charge in [-0.2, -0.15) is 5.26 Å². The molecule has 8 heteroatoms. The van der Waals surface area contributed by atoms with Crippen LogP contribution in [0.1, 0.15) is 73.4 Å². The summed E-state index contributed by atoms with van der Waals surface area (Å²) in [4.78, 5) is 0. The number of hydrogen-bond acceptors (Lipinski definition) is 5. The van der Waals surface area contributed by atoms with Crippen LogP contribution in [0, 0.1) is 11.3 Å². The maximum absolute atomic E-state index is 9.30. The SMILES string of the molecule is CC(C)(C)[Si](C)(C)O[C@H]1OC(c2ccc(C#N)cc2)=C[C@@H](O[Si](C)(C)C(C)(C)C)[C@H]1O[Si](C)(C)C(C)(C)C. The molecular weight excluding hydrogens is 523 g/mol. The average molecular weight is 576 g/mol. The van der Waals surface area contributed by atoms with Crippen LogP contribution in [0.2, 0.25) is 54.4 Å². The van der Waals surface area contributed by atoms with Crippen LogP contribution in [0.4, 0.5) is 0 Å². The van der Waals surface area contributed by atoms with E-state index in [1.54, 1.807) is 0 Å². The lowest BCUT2D eigenvalue weighted by atomic mass is 10.0. The van der Waals surface area contributed by atoms with Crippen molar-refractivity contribution in [1.29, 1.82) is 5.26 Å². The molecule has 1 aromatic carbocycles. The predicted octanol–water partition coefficient (Wildman–Crippen LogP) is 9.06. The van der Waals surface area contributed by atoms with Crippen molar-refractivity contribution in [2.45, 2.75) is 135 Å². The molecule has 2 rings (SSSR count). The van der Waals surface area contributed by atoms with Gasteiger partial charge in [-0.1, -0.05) is 62.3 Å². The summed E-state index contributed by atoms with van der Waals surface area (Å²) < 4.78 is 27.9. The van der Waals surface area contributed by atoms with E-state index in [2.05, 4.69) is 114 Å². The van der Waals surface area contributed by atoms with Gasteiger partial charge in [-0.15, -0.1) is 0 Å². The molecule has 1 aliphatic rings. The quantitative estimate of drug-likeness (QED) is 0.303. The average Bonchev–Trinajstić information content (AvgIpc) is 2.73. The topological polar surface area (TPSA) is 60.7 Å². The number of rotatable bonds is 7. The second-order valence-corrected chi connectivity index (χ2v) is 29.5. The molecular formula is C30H53NO4Si3. The van der Waals surface area contributed by atoms with Gasteiger partial charge in [0.2, 0.25) is 6.29 Å². The first-order valence-electron chi connectivity index (χ1n) is 13.8. The van der Waals surface area contributed by atoms with E-state index >= 15 is 0 Å². The highest BCUT2D eigenvalue weighted by atomic mass is 28.4. The van der Waals surface area contributed by atoms with Crippen LogP contribution in [-0.2, 0) is 18.0 Å². The Morgan fingerprint density at radius 3 is 1.53 bits per heavy atom. The summed E-state index contributed by atoms with van der Waals surface area (Å²) in [6.45, 7) is 33.9. The lowest BCUT2D eigenvalue weighted by Gasteiger charge is -2.49. The molecule has 0 aliphatic carbocycles. The van der Waals surface area contributed by atoms with Gasteiger partial charge in [0.15, 0.2) is 25.0 Å². The molecule has 214 valence electrons. The third-order valence-corrected chi connectivity index (χ3v) is 22.5.